The fraction of sp³-hybridized carbons (Fsp3) is 0.158. The molecule has 4 aromatic rings. The molecule has 0 radical (unpaired) electrons. The van der Waals surface area contributed by atoms with Crippen LogP contribution in [0.3, 0.4) is 0 Å². The zero-order valence-electron chi connectivity index (χ0n) is 14.3. The number of esters is 1. The minimum Gasteiger partial charge on any atom is -0.457 e. The number of rotatable bonds is 4. The van der Waals surface area contributed by atoms with Crippen LogP contribution < -0.4 is 0 Å². The van der Waals surface area contributed by atoms with Crippen molar-refractivity contribution in [2.24, 2.45) is 0 Å². The van der Waals surface area contributed by atoms with Gasteiger partial charge < -0.3 is 4.74 Å². The van der Waals surface area contributed by atoms with Gasteiger partial charge in [0.2, 0.25) is 0 Å². The van der Waals surface area contributed by atoms with E-state index in [0.717, 1.165) is 32.7 Å². The molecule has 0 aliphatic rings. The molecule has 2 aromatic heterocycles. The first-order valence-electron chi connectivity index (χ1n) is 8.10. The second-order valence-corrected chi connectivity index (χ2v) is 7.10. The molecule has 7 heteroatoms. The summed E-state index contributed by atoms with van der Waals surface area (Å²) in [6.07, 6.45) is 1.57. The Kier molecular flexibility index (Phi) is 4.22. The topological polar surface area (TPSA) is 80.8 Å². The maximum Gasteiger partial charge on any atom is 0.350 e. The molecule has 130 valence electrons. The van der Waals surface area contributed by atoms with Crippen molar-refractivity contribution in [2.75, 3.05) is 0 Å². The van der Waals surface area contributed by atoms with Crippen molar-refractivity contribution in [3.63, 3.8) is 0 Å². The number of carbonyl (C=O) groups is 1. The van der Waals surface area contributed by atoms with Crippen molar-refractivity contribution in [3.05, 3.63) is 64.2 Å². The Morgan fingerprint density at radius 3 is 2.81 bits per heavy atom. The molecule has 0 unspecified atom stereocenters. The van der Waals surface area contributed by atoms with Crippen molar-refractivity contribution in [3.8, 4) is 10.6 Å². The molecule has 26 heavy (non-hydrogen) atoms. The Bertz CT molecular complexity index is 1100. The average Bonchev–Trinajstić information content (AvgIpc) is 3.28. The Morgan fingerprint density at radius 2 is 1.96 bits per heavy atom. The van der Waals surface area contributed by atoms with Crippen LogP contribution in [0.2, 0.25) is 0 Å². The largest absolute Gasteiger partial charge is 0.457 e. The van der Waals surface area contributed by atoms with Crippen LogP contribution in [0, 0.1) is 13.8 Å². The van der Waals surface area contributed by atoms with Gasteiger partial charge in [-0.05, 0) is 37.1 Å². The number of hydrogen-bond donors (Lipinski definition) is 1. The number of aromatic nitrogens is 4. The number of hydrogen-bond acceptors (Lipinski definition) is 6. The molecular formula is C19H16N4O2S. The number of ether oxygens (including phenoxy) is 1. The van der Waals surface area contributed by atoms with E-state index in [0.29, 0.717) is 4.88 Å². The predicted octanol–water partition coefficient (Wildman–Crippen LogP) is 4.06. The molecule has 0 saturated carbocycles. The van der Waals surface area contributed by atoms with Gasteiger partial charge in [0.25, 0.3) is 0 Å². The van der Waals surface area contributed by atoms with Crippen LogP contribution in [0.25, 0.3) is 21.6 Å². The third-order valence-electron chi connectivity index (χ3n) is 4.07. The number of H-pyrrole nitrogens is 1. The molecule has 0 bridgehead atoms. The lowest BCUT2D eigenvalue weighted by Gasteiger charge is -2.04. The number of aromatic amines is 1. The Balaban J connectivity index is 1.47. The van der Waals surface area contributed by atoms with Crippen molar-refractivity contribution in [1.82, 2.24) is 20.4 Å². The minimum atomic E-state index is -0.376. The number of fused-ring (bicyclic) bond motifs is 1. The van der Waals surface area contributed by atoms with Crippen LogP contribution in [0.1, 0.15) is 26.4 Å². The molecule has 4 rings (SSSR count). The number of benzene rings is 2. The van der Waals surface area contributed by atoms with Crippen LogP contribution in [-0.2, 0) is 11.3 Å². The van der Waals surface area contributed by atoms with E-state index >= 15 is 0 Å². The molecule has 0 amide bonds. The first kappa shape index (κ1) is 16.4. The molecule has 1 N–H and O–H groups in total. The van der Waals surface area contributed by atoms with E-state index < -0.39 is 0 Å². The zero-order chi connectivity index (χ0) is 18.1. The summed E-state index contributed by atoms with van der Waals surface area (Å²) in [5.74, 6) is -0.376. The Morgan fingerprint density at radius 1 is 1.12 bits per heavy atom. The summed E-state index contributed by atoms with van der Waals surface area (Å²) < 4.78 is 5.41. The molecule has 0 spiro atoms. The van der Waals surface area contributed by atoms with E-state index in [2.05, 4.69) is 33.4 Å². The van der Waals surface area contributed by atoms with Crippen molar-refractivity contribution < 1.29 is 9.53 Å². The van der Waals surface area contributed by atoms with Crippen molar-refractivity contribution in [1.29, 1.82) is 0 Å². The zero-order valence-corrected chi connectivity index (χ0v) is 15.1. The third-order valence-corrected chi connectivity index (χ3v) is 5.08. The van der Waals surface area contributed by atoms with E-state index in [1.54, 1.807) is 6.20 Å². The van der Waals surface area contributed by atoms with E-state index in [9.17, 15) is 4.79 Å². The van der Waals surface area contributed by atoms with Crippen molar-refractivity contribution >= 4 is 28.3 Å². The molecule has 0 aliphatic heterocycles. The molecule has 2 heterocycles. The van der Waals surface area contributed by atoms with Gasteiger partial charge in [0.15, 0.2) is 0 Å². The SMILES string of the molecule is Cc1ccc(-c2ncc(C(=O)OCc3ccc4n[nH]nc4c3)s2)c(C)c1. The van der Waals surface area contributed by atoms with Crippen LogP contribution in [0.15, 0.2) is 42.6 Å². The third kappa shape index (κ3) is 3.21. The molecule has 2 aromatic carbocycles. The molecule has 0 fully saturated rings. The number of aryl methyl sites for hydroxylation is 2. The maximum absolute atomic E-state index is 12.3. The van der Waals surface area contributed by atoms with Gasteiger partial charge in [-0.2, -0.15) is 15.4 Å². The van der Waals surface area contributed by atoms with Crippen LogP contribution in [-0.4, -0.2) is 26.4 Å². The van der Waals surface area contributed by atoms with Gasteiger partial charge >= 0.3 is 5.97 Å². The molecular weight excluding hydrogens is 348 g/mol. The number of carbonyl (C=O) groups excluding carboxylic acids is 1. The van der Waals surface area contributed by atoms with Crippen LogP contribution >= 0.6 is 11.3 Å². The molecule has 6 nitrogen and oxygen atoms in total. The van der Waals surface area contributed by atoms with Gasteiger partial charge in [-0.15, -0.1) is 11.3 Å². The molecule has 0 aliphatic carbocycles. The predicted molar refractivity (Wildman–Crippen MR) is 100 cm³/mol. The standard InChI is InChI=1S/C19H16N4O2S/c1-11-3-5-14(12(2)7-11)18-20-9-17(26-18)19(24)25-10-13-4-6-15-16(8-13)22-23-21-15/h3-9H,10H2,1-2H3,(H,21,22,23). The Labute approximate surface area is 153 Å². The van der Waals surface area contributed by atoms with Gasteiger partial charge in [0, 0.05) is 5.56 Å². The highest BCUT2D eigenvalue weighted by atomic mass is 32.1. The highest BCUT2D eigenvalue weighted by Gasteiger charge is 2.14. The summed E-state index contributed by atoms with van der Waals surface area (Å²) >= 11 is 1.34. The lowest BCUT2D eigenvalue weighted by Crippen LogP contribution is -2.03. The van der Waals surface area contributed by atoms with Gasteiger partial charge in [-0.25, -0.2) is 9.78 Å². The summed E-state index contributed by atoms with van der Waals surface area (Å²) in [5.41, 5.74) is 5.76. The van der Waals surface area contributed by atoms with E-state index in [4.69, 9.17) is 4.74 Å². The second kappa shape index (κ2) is 6.68. The van der Waals surface area contributed by atoms with Gasteiger partial charge in [0.1, 0.15) is 27.5 Å². The number of nitrogens with one attached hydrogen (secondary N) is 1. The monoisotopic (exact) mass is 364 g/mol. The fourth-order valence-electron chi connectivity index (χ4n) is 2.74. The first-order chi connectivity index (χ1) is 12.6. The highest BCUT2D eigenvalue weighted by molar-refractivity contribution is 7.16. The van der Waals surface area contributed by atoms with E-state index in [1.807, 2.05) is 37.3 Å². The van der Waals surface area contributed by atoms with Gasteiger partial charge in [-0.3, -0.25) is 0 Å². The average molecular weight is 364 g/mol. The summed E-state index contributed by atoms with van der Waals surface area (Å²) in [7, 11) is 0. The number of thiazole rings is 1. The van der Waals surface area contributed by atoms with Crippen LogP contribution in [0.4, 0.5) is 0 Å². The fourth-order valence-corrected chi connectivity index (χ4v) is 3.64. The smallest absolute Gasteiger partial charge is 0.350 e. The summed E-state index contributed by atoms with van der Waals surface area (Å²) in [4.78, 5) is 17.2. The second-order valence-electron chi connectivity index (χ2n) is 6.07. The summed E-state index contributed by atoms with van der Waals surface area (Å²) in [6, 6.07) is 11.7. The highest BCUT2D eigenvalue weighted by Crippen LogP contribution is 2.29. The lowest BCUT2D eigenvalue weighted by molar-refractivity contribution is 0.0478. The van der Waals surface area contributed by atoms with Gasteiger partial charge in [0.05, 0.1) is 6.20 Å². The molecule has 0 saturated heterocycles. The minimum absolute atomic E-state index is 0.179. The van der Waals surface area contributed by atoms with E-state index in [1.165, 1.54) is 16.9 Å². The molecule has 0 atom stereocenters. The normalized spacial score (nSPS) is 11.0. The Hall–Kier alpha value is -3.06. The van der Waals surface area contributed by atoms with Crippen molar-refractivity contribution in [2.45, 2.75) is 20.5 Å². The maximum atomic E-state index is 12.3. The van der Waals surface area contributed by atoms with E-state index in [-0.39, 0.29) is 12.6 Å². The van der Waals surface area contributed by atoms with Gasteiger partial charge in [-0.1, -0.05) is 29.8 Å². The first-order valence-corrected chi connectivity index (χ1v) is 8.92. The summed E-state index contributed by atoms with van der Waals surface area (Å²) in [5, 5.41) is 11.4. The lowest BCUT2D eigenvalue weighted by atomic mass is 10.1. The quantitative estimate of drug-likeness (QED) is 0.552. The number of nitrogens with zero attached hydrogens (tertiary/aromatic N) is 3. The van der Waals surface area contributed by atoms with Crippen LogP contribution in [0.5, 0.6) is 0 Å². The summed E-state index contributed by atoms with van der Waals surface area (Å²) in [6.45, 7) is 4.28.